The third-order valence-electron chi connectivity index (χ3n) is 3.22. The fourth-order valence-electron chi connectivity index (χ4n) is 2.33. The Bertz CT molecular complexity index is 482. The molecule has 0 amide bonds. The number of hydrogen-bond acceptors (Lipinski definition) is 3. The van der Waals surface area contributed by atoms with Crippen LogP contribution in [0.4, 0.5) is 0 Å². The van der Waals surface area contributed by atoms with E-state index in [-0.39, 0.29) is 24.1 Å². The highest BCUT2D eigenvalue weighted by atomic mass is 79.9. The first kappa shape index (κ1) is 13.3. The maximum atomic E-state index is 12.3. The summed E-state index contributed by atoms with van der Waals surface area (Å²) in [4.78, 5) is 23.7. The lowest BCUT2D eigenvalue weighted by Gasteiger charge is -2.23. The van der Waals surface area contributed by atoms with Gasteiger partial charge in [-0.25, -0.2) is 0 Å². The van der Waals surface area contributed by atoms with Crippen molar-refractivity contribution in [2.24, 2.45) is 5.92 Å². The van der Waals surface area contributed by atoms with Crippen molar-refractivity contribution in [2.45, 2.75) is 26.2 Å². The summed E-state index contributed by atoms with van der Waals surface area (Å²) in [6.07, 6.45) is 1.73. The number of ether oxygens (including phenoxy) is 1. The Hall–Kier alpha value is -1.16. The number of fused-ring (bicyclic) bond motifs is 1. The lowest BCUT2D eigenvalue weighted by Crippen LogP contribution is -2.26. The van der Waals surface area contributed by atoms with E-state index in [1.807, 2.05) is 18.2 Å². The van der Waals surface area contributed by atoms with Crippen molar-refractivity contribution >= 4 is 27.7 Å². The Balaban J connectivity index is 2.16. The predicted molar refractivity (Wildman–Crippen MR) is 71.5 cm³/mol. The Morgan fingerprint density at radius 2 is 2.28 bits per heavy atom. The topological polar surface area (TPSA) is 43.4 Å². The van der Waals surface area contributed by atoms with Crippen molar-refractivity contribution in [2.75, 3.05) is 6.61 Å². The number of carbonyl (C=O) groups excluding carboxylic acids is 2. The van der Waals surface area contributed by atoms with Gasteiger partial charge in [-0.1, -0.05) is 28.1 Å². The molecule has 3 nitrogen and oxygen atoms in total. The van der Waals surface area contributed by atoms with Crippen LogP contribution in [0.3, 0.4) is 0 Å². The van der Waals surface area contributed by atoms with E-state index >= 15 is 0 Å². The number of benzene rings is 1. The zero-order valence-electron chi connectivity index (χ0n) is 10.2. The van der Waals surface area contributed by atoms with Crippen LogP contribution in [0.15, 0.2) is 22.7 Å². The highest BCUT2D eigenvalue weighted by Gasteiger charge is 2.30. The van der Waals surface area contributed by atoms with Gasteiger partial charge in [-0.3, -0.25) is 9.59 Å². The van der Waals surface area contributed by atoms with E-state index in [1.165, 1.54) is 0 Å². The monoisotopic (exact) mass is 310 g/mol. The van der Waals surface area contributed by atoms with Gasteiger partial charge < -0.3 is 4.74 Å². The number of hydrogen-bond donors (Lipinski definition) is 0. The molecule has 1 aliphatic rings. The second kappa shape index (κ2) is 5.65. The van der Waals surface area contributed by atoms with Crippen LogP contribution in [0.25, 0.3) is 0 Å². The molecule has 2 rings (SSSR count). The Morgan fingerprint density at radius 1 is 1.50 bits per heavy atom. The molecule has 0 aromatic heterocycles. The van der Waals surface area contributed by atoms with Gasteiger partial charge in [0.15, 0.2) is 5.78 Å². The van der Waals surface area contributed by atoms with Crippen LogP contribution in [0.5, 0.6) is 0 Å². The van der Waals surface area contributed by atoms with Gasteiger partial charge in [-0.05, 0) is 31.4 Å². The van der Waals surface area contributed by atoms with Crippen LogP contribution >= 0.6 is 15.9 Å². The van der Waals surface area contributed by atoms with Crippen LogP contribution in [0.1, 0.15) is 35.7 Å². The van der Waals surface area contributed by atoms with E-state index in [2.05, 4.69) is 15.9 Å². The summed E-state index contributed by atoms with van der Waals surface area (Å²) < 4.78 is 5.88. The molecule has 0 N–H and O–H groups in total. The van der Waals surface area contributed by atoms with Crippen molar-refractivity contribution in [3.05, 3.63) is 33.8 Å². The van der Waals surface area contributed by atoms with E-state index in [9.17, 15) is 9.59 Å². The number of esters is 1. The number of Topliss-reactive ketones (excluding diaryl/α,β-unsaturated/α-hetero) is 1. The summed E-state index contributed by atoms with van der Waals surface area (Å²) in [7, 11) is 0. The second-order valence-corrected chi connectivity index (χ2v) is 5.23. The molecule has 1 aromatic rings. The number of halogens is 1. The SMILES string of the molecule is CCOC(=O)CC1CCc2c(Br)cccc2C1=O. The molecule has 18 heavy (non-hydrogen) atoms. The predicted octanol–water partition coefficient (Wildman–Crippen LogP) is 3.15. The highest BCUT2D eigenvalue weighted by Crippen LogP contribution is 2.32. The van der Waals surface area contributed by atoms with Gasteiger partial charge in [-0.2, -0.15) is 0 Å². The molecule has 96 valence electrons. The molecule has 4 heteroatoms. The molecule has 0 aliphatic heterocycles. The molecule has 0 spiro atoms. The standard InChI is InChI=1S/C14H15BrO3/c1-2-18-13(16)8-9-6-7-10-11(14(9)17)4-3-5-12(10)15/h3-5,9H,2,6-8H2,1H3. The van der Waals surface area contributed by atoms with Gasteiger partial charge in [0.25, 0.3) is 0 Å². The van der Waals surface area contributed by atoms with E-state index in [4.69, 9.17) is 4.74 Å². The van der Waals surface area contributed by atoms with Crippen LogP contribution in [-0.2, 0) is 16.0 Å². The lowest BCUT2D eigenvalue weighted by molar-refractivity contribution is -0.143. The Morgan fingerprint density at radius 3 is 3.00 bits per heavy atom. The van der Waals surface area contributed by atoms with E-state index in [0.717, 1.165) is 22.0 Å². The summed E-state index contributed by atoms with van der Waals surface area (Å²) in [5, 5.41) is 0. The number of rotatable bonds is 3. The minimum absolute atomic E-state index is 0.0607. The van der Waals surface area contributed by atoms with Crippen LogP contribution in [-0.4, -0.2) is 18.4 Å². The summed E-state index contributed by atoms with van der Waals surface area (Å²) in [5.74, 6) is -0.453. The number of carbonyl (C=O) groups is 2. The molecule has 1 aromatic carbocycles. The van der Waals surface area contributed by atoms with Crippen molar-refractivity contribution in [3.8, 4) is 0 Å². The fraction of sp³-hybridized carbons (Fsp3) is 0.429. The minimum atomic E-state index is -0.283. The highest BCUT2D eigenvalue weighted by molar-refractivity contribution is 9.10. The van der Waals surface area contributed by atoms with Gasteiger partial charge in [-0.15, -0.1) is 0 Å². The quantitative estimate of drug-likeness (QED) is 0.806. The maximum absolute atomic E-state index is 12.3. The summed E-state index contributed by atoms with van der Waals surface area (Å²) >= 11 is 3.46. The van der Waals surface area contributed by atoms with Gasteiger partial charge in [0.1, 0.15) is 0 Å². The number of ketones is 1. The van der Waals surface area contributed by atoms with Gasteiger partial charge in [0.05, 0.1) is 13.0 Å². The normalized spacial score (nSPS) is 18.3. The smallest absolute Gasteiger partial charge is 0.306 e. The van der Waals surface area contributed by atoms with Gasteiger partial charge in [0, 0.05) is 16.0 Å². The van der Waals surface area contributed by atoms with Crippen molar-refractivity contribution in [3.63, 3.8) is 0 Å². The first-order valence-corrected chi connectivity index (χ1v) is 6.90. The zero-order chi connectivity index (χ0) is 13.1. The third-order valence-corrected chi connectivity index (χ3v) is 3.96. The van der Waals surface area contributed by atoms with Crippen molar-refractivity contribution in [1.29, 1.82) is 0 Å². The fourth-order valence-corrected chi connectivity index (χ4v) is 2.89. The minimum Gasteiger partial charge on any atom is -0.466 e. The molecule has 0 saturated carbocycles. The van der Waals surface area contributed by atoms with Gasteiger partial charge >= 0.3 is 5.97 Å². The van der Waals surface area contributed by atoms with E-state index in [0.29, 0.717) is 13.0 Å². The first-order valence-electron chi connectivity index (χ1n) is 6.10. The molecule has 1 unspecified atom stereocenters. The summed E-state index contributed by atoms with van der Waals surface area (Å²) in [6.45, 7) is 2.13. The zero-order valence-corrected chi connectivity index (χ0v) is 11.8. The van der Waals surface area contributed by atoms with Crippen molar-refractivity contribution in [1.82, 2.24) is 0 Å². The molecular formula is C14H15BrO3. The van der Waals surface area contributed by atoms with E-state index in [1.54, 1.807) is 6.92 Å². The first-order chi connectivity index (χ1) is 8.63. The lowest BCUT2D eigenvalue weighted by atomic mass is 9.81. The van der Waals surface area contributed by atoms with Gasteiger partial charge in [0.2, 0.25) is 0 Å². The van der Waals surface area contributed by atoms with Crippen LogP contribution in [0, 0.1) is 5.92 Å². The second-order valence-electron chi connectivity index (χ2n) is 4.37. The third kappa shape index (κ3) is 2.64. The molecule has 0 bridgehead atoms. The molecular weight excluding hydrogens is 296 g/mol. The summed E-state index contributed by atoms with van der Waals surface area (Å²) in [5.41, 5.74) is 1.80. The Labute approximate surface area is 115 Å². The molecule has 0 saturated heterocycles. The average molecular weight is 311 g/mol. The van der Waals surface area contributed by atoms with Crippen LogP contribution in [0.2, 0.25) is 0 Å². The molecule has 0 heterocycles. The molecule has 1 atom stereocenters. The van der Waals surface area contributed by atoms with Crippen molar-refractivity contribution < 1.29 is 14.3 Å². The summed E-state index contributed by atoms with van der Waals surface area (Å²) in [6, 6.07) is 5.63. The van der Waals surface area contributed by atoms with E-state index < -0.39 is 0 Å². The molecule has 0 radical (unpaired) electrons. The maximum Gasteiger partial charge on any atom is 0.306 e. The average Bonchev–Trinajstić information content (AvgIpc) is 2.34. The molecule has 0 fully saturated rings. The van der Waals surface area contributed by atoms with Crippen LogP contribution < -0.4 is 0 Å². The Kier molecular flexibility index (Phi) is 4.17. The largest absolute Gasteiger partial charge is 0.466 e. The molecule has 1 aliphatic carbocycles.